The molecule has 18 heavy (non-hydrogen) atoms. The van der Waals surface area contributed by atoms with E-state index in [0.29, 0.717) is 0 Å². The summed E-state index contributed by atoms with van der Waals surface area (Å²) in [6.07, 6.45) is -11.8. The molecule has 4 atom stereocenters. The molecule has 0 amide bonds. The van der Waals surface area contributed by atoms with Crippen molar-refractivity contribution in [3.8, 4) is 0 Å². The van der Waals surface area contributed by atoms with Crippen LogP contribution in [0.1, 0.15) is 0 Å². The minimum Gasteiger partial charge on any atom is -0.790 e. The molecule has 0 saturated heterocycles. The predicted octanol–water partition coefficient (Wildman–Crippen LogP) is -11.0. The molecule has 1 fully saturated rings. The van der Waals surface area contributed by atoms with Crippen LogP contribution in [0.5, 0.6) is 0 Å². The Morgan fingerprint density at radius 2 is 1.06 bits per heavy atom. The molecule has 1 rings (SSSR count). The van der Waals surface area contributed by atoms with Crippen LogP contribution in [0.25, 0.3) is 0 Å². The van der Waals surface area contributed by atoms with Crippen molar-refractivity contribution in [2.24, 2.45) is 0 Å². The monoisotopic (exact) mass is 336 g/mol. The Morgan fingerprint density at radius 1 is 0.778 bits per heavy atom. The van der Waals surface area contributed by atoms with Crippen LogP contribution in [0.3, 0.4) is 0 Å². The molecule has 0 aromatic rings. The third kappa shape index (κ3) is 6.12. The molecule has 0 aromatic carbocycles. The molecule has 0 heterocycles. The quantitative estimate of drug-likeness (QED) is 0.242. The van der Waals surface area contributed by atoms with Crippen molar-refractivity contribution >= 4 is 7.82 Å². The van der Waals surface area contributed by atoms with Crippen molar-refractivity contribution in [3.63, 3.8) is 0 Å². The van der Waals surface area contributed by atoms with Gasteiger partial charge < -0.3 is 44.4 Å². The van der Waals surface area contributed by atoms with Gasteiger partial charge in [0, 0.05) is 0 Å². The number of aliphatic hydroxyl groups is 5. The Labute approximate surface area is 188 Å². The predicted molar refractivity (Wildman–Crippen MR) is 42.5 cm³/mol. The molecule has 12 heteroatoms. The molecule has 0 spiro atoms. The Hall–Kier alpha value is 3.18. The van der Waals surface area contributed by atoms with Crippen LogP contribution in [0, 0.1) is 0 Å². The largest absolute Gasteiger partial charge is 1.00 e. The molecule has 96 valence electrons. The molecular weight excluding hydrogens is 325 g/mol. The second kappa shape index (κ2) is 9.35. The van der Waals surface area contributed by atoms with Gasteiger partial charge in [-0.1, -0.05) is 0 Å². The summed E-state index contributed by atoms with van der Waals surface area (Å²) < 4.78 is 14.1. The maximum Gasteiger partial charge on any atom is 1.00 e. The fourth-order valence-electron chi connectivity index (χ4n) is 1.47. The van der Waals surface area contributed by atoms with Gasteiger partial charge in [-0.3, -0.25) is 0 Å². The third-order valence-corrected chi connectivity index (χ3v) is 2.83. The Balaban J connectivity index is 0. The van der Waals surface area contributed by atoms with E-state index in [2.05, 4.69) is 4.52 Å². The number of aliphatic hydroxyl groups excluding tert-OH is 5. The molecule has 0 aromatic heterocycles. The van der Waals surface area contributed by atoms with E-state index in [0.717, 1.165) is 0 Å². The number of rotatable bonds is 2. The van der Waals surface area contributed by atoms with Gasteiger partial charge in [-0.25, -0.2) is 0 Å². The normalized spacial score (nSPS) is 40.6. The van der Waals surface area contributed by atoms with Gasteiger partial charge in [0.15, 0.2) is 0 Å². The smallest absolute Gasteiger partial charge is 0.790 e. The van der Waals surface area contributed by atoms with Gasteiger partial charge >= 0.3 is 103 Å². The summed E-state index contributed by atoms with van der Waals surface area (Å²) in [4.78, 5) is 20.6. The first-order valence-corrected chi connectivity index (χ1v) is 5.72. The van der Waals surface area contributed by atoms with Crippen LogP contribution >= 0.6 is 7.82 Å². The standard InChI is InChI=1S/C6H13O9P.2K/c7-1-2(8)4(10)6(5(11)3(1)9)15-16(12,13)14;;/h1-11H,(H2,12,13,14);;/q;2*+1/p-2. The number of phosphoric ester groups is 1. The summed E-state index contributed by atoms with van der Waals surface area (Å²) in [5.74, 6) is 0. The van der Waals surface area contributed by atoms with Crippen LogP contribution in [0.2, 0.25) is 0 Å². The van der Waals surface area contributed by atoms with E-state index in [1.165, 1.54) is 0 Å². The van der Waals surface area contributed by atoms with Gasteiger partial charge in [0.25, 0.3) is 0 Å². The minimum atomic E-state index is -5.51. The second-order valence-corrected chi connectivity index (χ2v) is 4.58. The van der Waals surface area contributed by atoms with E-state index >= 15 is 0 Å². The summed E-state index contributed by atoms with van der Waals surface area (Å²) in [5, 5.41) is 45.9. The van der Waals surface area contributed by atoms with Crippen molar-refractivity contribution in [2.45, 2.75) is 36.6 Å². The number of hydrogen-bond donors (Lipinski definition) is 5. The van der Waals surface area contributed by atoms with Gasteiger partial charge in [0.05, 0.1) is 7.82 Å². The van der Waals surface area contributed by atoms with Crippen molar-refractivity contribution in [3.05, 3.63) is 0 Å². The molecule has 0 aliphatic heterocycles. The molecule has 0 radical (unpaired) electrons. The molecule has 9 nitrogen and oxygen atoms in total. The molecule has 5 N–H and O–H groups in total. The van der Waals surface area contributed by atoms with E-state index in [4.69, 9.17) is 15.3 Å². The van der Waals surface area contributed by atoms with E-state index in [1.807, 2.05) is 0 Å². The fourth-order valence-corrected chi connectivity index (χ4v) is 2.02. The Kier molecular flexibility index (Phi) is 12.2. The maximum absolute atomic E-state index is 10.3. The van der Waals surface area contributed by atoms with Crippen LogP contribution in [0.15, 0.2) is 0 Å². The van der Waals surface area contributed by atoms with Gasteiger partial charge in [-0.2, -0.15) is 0 Å². The summed E-state index contributed by atoms with van der Waals surface area (Å²) >= 11 is 0. The molecule has 0 bridgehead atoms. The summed E-state index contributed by atoms with van der Waals surface area (Å²) in [6, 6.07) is 0. The van der Waals surface area contributed by atoms with Crippen molar-refractivity contribution < 1.29 is 147 Å². The zero-order chi connectivity index (χ0) is 12.7. The van der Waals surface area contributed by atoms with E-state index in [-0.39, 0.29) is 103 Å². The van der Waals surface area contributed by atoms with Crippen molar-refractivity contribution in [2.75, 3.05) is 0 Å². The Morgan fingerprint density at radius 3 is 1.33 bits per heavy atom. The molecule has 1 saturated carbocycles. The topological polar surface area (TPSA) is 174 Å². The average Bonchev–Trinajstić information content (AvgIpc) is 2.17. The first kappa shape index (κ1) is 23.4. The average molecular weight is 336 g/mol. The van der Waals surface area contributed by atoms with E-state index < -0.39 is 44.4 Å². The molecule has 1 aliphatic carbocycles. The first-order valence-electron chi connectivity index (χ1n) is 4.26. The zero-order valence-electron chi connectivity index (χ0n) is 9.78. The molecule has 4 unspecified atom stereocenters. The SMILES string of the molecule is O=P([O-])([O-])OC1C(O)C(O)C(O)C(O)C1O.[K+].[K+]. The van der Waals surface area contributed by atoms with Crippen LogP contribution < -0.4 is 113 Å². The van der Waals surface area contributed by atoms with Gasteiger partial charge in [0.2, 0.25) is 0 Å². The minimum absolute atomic E-state index is 0. The van der Waals surface area contributed by atoms with Crippen LogP contribution in [-0.4, -0.2) is 62.2 Å². The molecular formula is C6H11K2O9P. The van der Waals surface area contributed by atoms with Gasteiger partial charge in [-0.15, -0.1) is 0 Å². The molecule has 1 aliphatic rings. The van der Waals surface area contributed by atoms with Crippen molar-refractivity contribution in [1.29, 1.82) is 0 Å². The zero-order valence-corrected chi connectivity index (χ0v) is 16.9. The second-order valence-electron chi connectivity index (χ2n) is 3.47. The summed E-state index contributed by atoms with van der Waals surface area (Å²) in [7, 11) is -5.51. The van der Waals surface area contributed by atoms with E-state index in [1.54, 1.807) is 0 Å². The Bertz CT molecular complexity index is 283. The van der Waals surface area contributed by atoms with Crippen molar-refractivity contribution in [1.82, 2.24) is 0 Å². The van der Waals surface area contributed by atoms with Gasteiger partial charge in [-0.05, 0) is 0 Å². The van der Waals surface area contributed by atoms with Crippen LogP contribution in [-0.2, 0) is 9.09 Å². The summed E-state index contributed by atoms with van der Waals surface area (Å²) in [5.41, 5.74) is 0. The number of hydrogen-bond acceptors (Lipinski definition) is 9. The van der Waals surface area contributed by atoms with Crippen LogP contribution in [0.4, 0.5) is 0 Å². The maximum atomic E-state index is 10.3. The fraction of sp³-hybridized carbons (Fsp3) is 1.00. The van der Waals surface area contributed by atoms with E-state index in [9.17, 15) is 24.6 Å². The third-order valence-electron chi connectivity index (χ3n) is 2.32. The first-order chi connectivity index (χ1) is 7.15. The van der Waals surface area contributed by atoms with Gasteiger partial charge in [0.1, 0.15) is 36.6 Å². The number of phosphoric acid groups is 1. The summed E-state index contributed by atoms with van der Waals surface area (Å²) in [6.45, 7) is 0.